The minimum absolute atomic E-state index is 0.0731. The quantitative estimate of drug-likeness (QED) is 0.401. The molecule has 2 aromatic carbocycles. The summed E-state index contributed by atoms with van der Waals surface area (Å²) < 4.78 is 0. The molecule has 38 heavy (non-hydrogen) atoms. The number of para-hydroxylation sites is 1. The van der Waals surface area contributed by atoms with Crippen LogP contribution in [0, 0.1) is 17.3 Å². The fourth-order valence-electron chi connectivity index (χ4n) is 5.00. The van der Waals surface area contributed by atoms with Gasteiger partial charge in [-0.3, -0.25) is 14.4 Å². The molecule has 1 aliphatic rings. The van der Waals surface area contributed by atoms with Crippen molar-refractivity contribution in [2.24, 2.45) is 28.0 Å². The number of benzene rings is 2. The Kier molecular flexibility index (Phi) is 9.28. The highest BCUT2D eigenvalue weighted by atomic mass is 35.5. The smallest absolute Gasteiger partial charge is 0.272 e. The molecular formula is C30H35ClN4O3. The van der Waals surface area contributed by atoms with Crippen molar-refractivity contribution in [1.29, 1.82) is 0 Å². The molecule has 1 aliphatic heterocycles. The number of benzodiazepines with no additional fused rings is 1. The van der Waals surface area contributed by atoms with E-state index in [0.717, 1.165) is 11.1 Å². The van der Waals surface area contributed by atoms with E-state index in [0.29, 0.717) is 22.8 Å². The number of hydrogen-bond donors (Lipinski definition) is 2. The molecule has 3 amide bonds. The van der Waals surface area contributed by atoms with E-state index in [2.05, 4.69) is 18.5 Å². The number of likely N-dealkylation sites (N-methyl/N-ethyl adjacent to an activating group) is 1. The molecule has 0 unspecified atom stereocenters. The van der Waals surface area contributed by atoms with Gasteiger partial charge in [0.2, 0.25) is 18.0 Å². The molecule has 3 rings (SSSR count). The predicted octanol–water partition coefficient (Wildman–Crippen LogP) is 4.88. The zero-order valence-corrected chi connectivity index (χ0v) is 22.9. The highest BCUT2D eigenvalue weighted by Crippen LogP contribution is 2.40. The van der Waals surface area contributed by atoms with E-state index in [1.807, 2.05) is 50.2 Å². The summed E-state index contributed by atoms with van der Waals surface area (Å²) in [5.41, 5.74) is 7.36. The van der Waals surface area contributed by atoms with Gasteiger partial charge in [-0.05, 0) is 43.4 Å². The van der Waals surface area contributed by atoms with Crippen LogP contribution in [0.1, 0.15) is 44.2 Å². The lowest BCUT2D eigenvalue weighted by Crippen LogP contribution is -2.54. The molecule has 0 bridgehead atoms. The molecule has 2 atom stereocenters. The Morgan fingerprint density at radius 2 is 1.74 bits per heavy atom. The van der Waals surface area contributed by atoms with Crippen LogP contribution in [0.25, 0.3) is 0 Å². The Hall–Kier alpha value is -3.71. The molecule has 1 heterocycles. The second-order valence-corrected chi connectivity index (χ2v) is 10.4. The normalized spacial score (nSPS) is 16.2. The predicted molar refractivity (Wildman–Crippen MR) is 153 cm³/mol. The Bertz CT molecular complexity index is 1240. The molecule has 0 aliphatic carbocycles. The van der Waals surface area contributed by atoms with Crippen molar-refractivity contribution in [1.82, 2.24) is 5.32 Å². The van der Waals surface area contributed by atoms with Gasteiger partial charge in [-0.25, -0.2) is 4.99 Å². The van der Waals surface area contributed by atoms with Gasteiger partial charge in [0.1, 0.15) is 0 Å². The highest BCUT2D eigenvalue weighted by Gasteiger charge is 2.47. The number of nitrogens with one attached hydrogen (secondary N) is 1. The van der Waals surface area contributed by atoms with Crippen molar-refractivity contribution in [2.45, 2.75) is 39.3 Å². The topological polar surface area (TPSA) is 105 Å². The maximum Gasteiger partial charge on any atom is 0.272 e. The second-order valence-electron chi connectivity index (χ2n) is 10.00. The van der Waals surface area contributed by atoms with E-state index in [-0.39, 0.29) is 18.8 Å². The number of fused-ring (bicyclic) bond motifs is 1. The van der Waals surface area contributed by atoms with E-state index in [1.165, 1.54) is 4.90 Å². The number of allylic oxidation sites excluding steroid dienone is 2. The lowest BCUT2D eigenvalue weighted by molar-refractivity contribution is -0.142. The highest BCUT2D eigenvalue weighted by molar-refractivity contribution is 6.30. The molecule has 0 fully saturated rings. The minimum Gasteiger partial charge on any atom is -0.369 e. The van der Waals surface area contributed by atoms with Crippen LogP contribution in [-0.4, -0.2) is 36.6 Å². The van der Waals surface area contributed by atoms with E-state index in [1.54, 1.807) is 31.3 Å². The number of hydrogen-bond acceptors (Lipinski definition) is 4. The fourth-order valence-corrected chi connectivity index (χ4v) is 5.13. The van der Waals surface area contributed by atoms with Crippen molar-refractivity contribution >= 4 is 40.7 Å². The maximum atomic E-state index is 13.9. The summed E-state index contributed by atoms with van der Waals surface area (Å²) in [4.78, 5) is 46.6. The van der Waals surface area contributed by atoms with Gasteiger partial charge in [0.15, 0.2) is 0 Å². The van der Waals surface area contributed by atoms with Crippen molar-refractivity contribution in [3.05, 3.63) is 90.0 Å². The van der Waals surface area contributed by atoms with Crippen LogP contribution in [0.4, 0.5) is 5.69 Å². The number of aliphatic imine (C=N–C) groups is 1. The van der Waals surface area contributed by atoms with Gasteiger partial charge in [-0.2, -0.15) is 0 Å². The van der Waals surface area contributed by atoms with E-state index in [9.17, 15) is 14.4 Å². The van der Waals surface area contributed by atoms with Gasteiger partial charge in [-0.15, -0.1) is 13.2 Å². The third-order valence-corrected chi connectivity index (χ3v) is 7.19. The summed E-state index contributed by atoms with van der Waals surface area (Å²) in [6.45, 7) is 11.5. The number of rotatable bonds is 11. The van der Waals surface area contributed by atoms with Crippen molar-refractivity contribution in [2.75, 3.05) is 11.9 Å². The molecule has 200 valence electrons. The van der Waals surface area contributed by atoms with Crippen molar-refractivity contribution in [3.8, 4) is 0 Å². The summed E-state index contributed by atoms with van der Waals surface area (Å²) in [6, 6.07) is 14.5. The number of carbonyl (C=O) groups excluding carboxylic acids is 3. The van der Waals surface area contributed by atoms with E-state index < -0.39 is 35.2 Å². The number of nitrogens with zero attached hydrogens (tertiary/aromatic N) is 2. The van der Waals surface area contributed by atoms with Crippen LogP contribution in [0.2, 0.25) is 5.02 Å². The molecule has 8 heteroatoms. The number of halogens is 1. The number of anilines is 1. The minimum atomic E-state index is -1.23. The lowest BCUT2D eigenvalue weighted by Gasteiger charge is -2.37. The molecule has 0 radical (unpaired) electrons. The van der Waals surface area contributed by atoms with Crippen LogP contribution >= 0.6 is 11.6 Å². The molecule has 0 saturated heterocycles. The summed E-state index contributed by atoms with van der Waals surface area (Å²) in [7, 11) is 1.65. The van der Waals surface area contributed by atoms with Crippen LogP contribution in [0.3, 0.4) is 0 Å². The molecule has 3 N–H and O–H groups in total. The second kappa shape index (κ2) is 12.2. The summed E-state index contributed by atoms with van der Waals surface area (Å²) in [6.07, 6.45) is 2.73. The fraction of sp³-hybridized carbons (Fsp3) is 0.333. The SMILES string of the molecule is C=CCC(CC=C)(C(N)=O)[C@@H](CC(C)C)C(=O)N[C@H]1N=C(c2ccc(Cl)cc2)c2ccccc2N(C)C1=O. The Morgan fingerprint density at radius 1 is 1.13 bits per heavy atom. The van der Waals surface area contributed by atoms with Crippen LogP contribution in [-0.2, 0) is 14.4 Å². The zero-order chi connectivity index (χ0) is 28.0. The number of primary amides is 1. The van der Waals surface area contributed by atoms with E-state index >= 15 is 0 Å². The first kappa shape index (κ1) is 28.9. The van der Waals surface area contributed by atoms with Gasteiger partial charge in [0.05, 0.1) is 22.7 Å². The summed E-state index contributed by atoms with van der Waals surface area (Å²) in [5.74, 6) is -2.24. The summed E-state index contributed by atoms with van der Waals surface area (Å²) >= 11 is 6.11. The standard InChI is InChI=1S/C30H35ClN4O3/c1-6-16-30(17-7-2,29(32)38)23(18-19(3)4)27(36)34-26-28(37)35(5)24-11-9-8-10-22(24)25(33-26)20-12-14-21(31)15-13-20/h6-15,19,23,26H,1-2,16-18H2,3-5H3,(H2,32,38)(H,34,36)/t23-,26+/m0/s1. The van der Waals surface area contributed by atoms with Gasteiger partial charge in [0.25, 0.3) is 5.91 Å². The molecule has 0 saturated carbocycles. The van der Waals surface area contributed by atoms with Gasteiger partial charge in [0, 0.05) is 23.2 Å². The number of carbonyl (C=O) groups is 3. The first-order valence-electron chi connectivity index (χ1n) is 12.6. The van der Waals surface area contributed by atoms with Crippen LogP contribution in [0.15, 0.2) is 78.8 Å². The van der Waals surface area contributed by atoms with Crippen molar-refractivity contribution in [3.63, 3.8) is 0 Å². The third-order valence-electron chi connectivity index (χ3n) is 6.94. The number of nitrogens with two attached hydrogens (primary N) is 1. The third kappa shape index (κ3) is 5.89. The van der Waals surface area contributed by atoms with Crippen LogP contribution < -0.4 is 16.0 Å². The van der Waals surface area contributed by atoms with Gasteiger partial charge in [-0.1, -0.05) is 67.9 Å². The van der Waals surface area contributed by atoms with Gasteiger partial charge >= 0.3 is 0 Å². The van der Waals surface area contributed by atoms with E-state index in [4.69, 9.17) is 22.3 Å². The van der Waals surface area contributed by atoms with Crippen LogP contribution in [0.5, 0.6) is 0 Å². The molecule has 2 aromatic rings. The average Bonchev–Trinajstić information content (AvgIpc) is 2.98. The Labute approximate surface area is 229 Å². The molecule has 7 nitrogen and oxygen atoms in total. The first-order valence-corrected chi connectivity index (χ1v) is 13.0. The Morgan fingerprint density at radius 3 is 2.29 bits per heavy atom. The first-order chi connectivity index (χ1) is 18.0. The van der Waals surface area contributed by atoms with Gasteiger partial charge < -0.3 is 16.0 Å². The largest absolute Gasteiger partial charge is 0.369 e. The number of amides is 3. The molecule has 0 aromatic heterocycles. The molecular weight excluding hydrogens is 500 g/mol. The molecule has 0 spiro atoms. The average molecular weight is 535 g/mol. The summed E-state index contributed by atoms with van der Waals surface area (Å²) in [5, 5.41) is 3.42. The maximum absolute atomic E-state index is 13.9. The van der Waals surface area contributed by atoms with Crippen molar-refractivity contribution < 1.29 is 14.4 Å². The monoisotopic (exact) mass is 534 g/mol. The zero-order valence-electron chi connectivity index (χ0n) is 22.1. The lowest BCUT2D eigenvalue weighted by atomic mass is 9.66. The Balaban J connectivity index is 2.12.